The van der Waals surface area contributed by atoms with E-state index in [-0.39, 0.29) is 0 Å². The van der Waals surface area contributed by atoms with Gasteiger partial charge in [0.05, 0.1) is 12.5 Å². The molecule has 0 aliphatic rings. The van der Waals surface area contributed by atoms with E-state index in [0.29, 0.717) is 19.1 Å². The molecule has 0 amide bonds. The molecule has 0 aliphatic carbocycles. The van der Waals surface area contributed by atoms with E-state index in [1.165, 1.54) is 19.3 Å². The van der Waals surface area contributed by atoms with Crippen LogP contribution in [0.15, 0.2) is 24.3 Å². The number of benzene rings is 1. The maximum absolute atomic E-state index is 8.65. The van der Waals surface area contributed by atoms with Crippen molar-refractivity contribution < 1.29 is 4.74 Å². The van der Waals surface area contributed by atoms with Gasteiger partial charge < -0.3 is 4.74 Å². The van der Waals surface area contributed by atoms with Crippen LogP contribution in [0.2, 0.25) is 0 Å². The molecule has 0 spiro atoms. The Morgan fingerprint density at radius 2 is 1.90 bits per heavy atom. The fourth-order valence-corrected chi connectivity index (χ4v) is 2.25. The minimum atomic E-state index is 0.457. The number of hydrogen-bond donors (Lipinski definition) is 0. The standard InChI is InChI=1S/C18H28N2O/c1-4-6-13-20(16(3)5-2)14-15-21-18-9-7-17(8-10-18)11-12-19/h7-10,16H,4-6,11,13-15H2,1-3H3. The van der Waals surface area contributed by atoms with E-state index in [0.717, 1.165) is 24.4 Å². The van der Waals surface area contributed by atoms with Gasteiger partial charge in [-0.25, -0.2) is 0 Å². The predicted molar refractivity (Wildman–Crippen MR) is 87.5 cm³/mol. The lowest BCUT2D eigenvalue weighted by molar-refractivity contribution is 0.162. The first-order chi connectivity index (χ1) is 10.2. The van der Waals surface area contributed by atoms with Crippen molar-refractivity contribution in [1.29, 1.82) is 5.26 Å². The van der Waals surface area contributed by atoms with E-state index >= 15 is 0 Å². The second-order valence-corrected chi connectivity index (χ2v) is 5.47. The Kier molecular flexibility index (Phi) is 8.54. The van der Waals surface area contributed by atoms with Gasteiger partial charge >= 0.3 is 0 Å². The van der Waals surface area contributed by atoms with Crippen LogP contribution < -0.4 is 4.74 Å². The third-order valence-electron chi connectivity index (χ3n) is 3.87. The molecule has 0 heterocycles. The summed E-state index contributed by atoms with van der Waals surface area (Å²) < 4.78 is 5.82. The van der Waals surface area contributed by atoms with Crippen molar-refractivity contribution in [1.82, 2.24) is 4.90 Å². The molecule has 1 rings (SSSR count). The summed E-state index contributed by atoms with van der Waals surface area (Å²) in [7, 11) is 0. The first-order valence-electron chi connectivity index (χ1n) is 8.04. The van der Waals surface area contributed by atoms with Crippen LogP contribution in [0.5, 0.6) is 5.75 Å². The molecule has 1 aromatic carbocycles. The second kappa shape index (κ2) is 10.2. The summed E-state index contributed by atoms with van der Waals surface area (Å²) in [5.74, 6) is 0.885. The molecule has 21 heavy (non-hydrogen) atoms. The third kappa shape index (κ3) is 6.64. The van der Waals surface area contributed by atoms with Gasteiger partial charge in [-0.2, -0.15) is 5.26 Å². The van der Waals surface area contributed by atoms with E-state index in [1.54, 1.807) is 0 Å². The highest BCUT2D eigenvalue weighted by atomic mass is 16.5. The highest BCUT2D eigenvalue weighted by molar-refractivity contribution is 5.28. The Morgan fingerprint density at radius 1 is 1.19 bits per heavy atom. The molecule has 3 heteroatoms. The Morgan fingerprint density at radius 3 is 2.48 bits per heavy atom. The molecule has 0 aliphatic heterocycles. The smallest absolute Gasteiger partial charge is 0.119 e. The first-order valence-corrected chi connectivity index (χ1v) is 8.04. The van der Waals surface area contributed by atoms with E-state index in [1.807, 2.05) is 24.3 Å². The second-order valence-electron chi connectivity index (χ2n) is 5.47. The summed E-state index contributed by atoms with van der Waals surface area (Å²) in [5.41, 5.74) is 1.04. The number of nitrogens with zero attached hydrogens (tertiary/aromatic N) is 2. The van der Waals surface area contributed by atoms with Crippen LogP contribution in [0.4, 0.5) is 0 Å². The van der Waals surface area contributed by atoms with Crippen LogP contribution in [-0.4, -0.2) is 30.6 Å². The van der Waals surface area contributed by atoms with Crippen molar-refractivity contribution in [2.75, 3.05) is 19.7 Å². The van der Waals surface area contributed by atoms with Crippen LogP contribution in [0.25, 0.3) is 0 Å². The molecule has 0 N–H and O–H groups in total. The molecular weight excluding hydrogens is 260 g/mol. The van der Waals surface area contributed by atoms with Gasteiger partial charge in [0.1, 0.15) is 12.4 Å². The van der Waals surface area contributed by atoms with Crippen molar-refractivity contribution in [3.05, 3.63) is 29.8 Å². The predicted octanol–water partition coefficient (Wildman–Crippen LogP) is 4.03. The fourth-order valence-electron chi connectivity index (χ4n) is 2.25. The molecule has 0 radical (unpaired) electrons. The molecule has 1 aromatic rings. The van der Waals surface area contributed by atoms with Gasteiger partial charge in [0, 0.05) is 12.6 Å². The average Bonchev–Trinajstić information content (AvgIpc) is 2.51. The van der Waals surface area contributed by atoms with Gasteiger partial charge in [-0.3, -0.25) is 4.90 Å². The molecule has 0 saturated heterocycles. The molecular formula is C18H28N2O. The van der Waals surface area contributed by atoms with Crippen molar-refractivity contribution in [3.8, 4) is 11.8 Å². The van der Waals surface area contributed by atoms with Gasteiger partial charge in [-0.15, -0.1) is 0 Å². The molecule has 3 nitrogen and oxygen atoms in total. The molecule has 0 saturated carbocycles. The Labute approximate surface area is 129 Å². The minimum absolute atomic E-state index is 0.457. The molecule has 0 aromatic heterocycles. The first kappa shape index (κ1) is 17.5. The summed E-state index contributed by atoms with van der Waals surface area (Å²) in [6.07, 6.45) is 4.10. The van der Waals surface area contributed by atoms with E-state index < -0.39 is 0 Å². The number of ether oxygens (including phenoxy) is 1. The summed E-state index contributed by atoms with van der Waals surface area (Å²) in [6.45, 7) is 9.58. The Hall–Kier alpha value is -1.53. The topological polar surface area (TPSA) is 36.3 Å². The van der Waals surface area contributed by atoms with Gasteiger partial charge in [0.2, 0.25) is 0 Å². The average molecular weight is 288 g/mol. The zero-order chi connectivity index (χ0) is 15.5. The van der Waals surface area contributed by atoms with Crippen molar-refractivity contribution in [2.45, 2.75) is 52.5 Å². The Bertz CT molecular complexity index is 422. The van der Waals surface area contributed by atoms with Crippen LogP contribution in [-0.2, 0) is 6.42 Å². The van der Waals surface area contributed by atoms with E-state index in [2.05, 4.69) is 31.7 Å². The lowest BCUT2D eigenvalue weighted by Crippen LogP contribution is -2.36. The van der Waals surface area contributed by atoms with Crippen LogP contribution >= 0.6 is 0 Å². The molecule has 0 fully saturated rings. The molecule has 0 bridgehead atoms. The highest BCUT2D eigenvalue weighted by Crippen LogP contribution is 2.13. The molecule has 1 atom stereocenters. The minimum Gasteiger partial charge on any atom is -0.492 e. The molecule has 116 valence electrons. The van der Waals surface area contributed by atoms with Crippen molar-refractivity contribution in [3.63, 3.8) is 0 Å². The number of unbranched alkanes of at least 4 members (excludes halogenated alkanes) is 1. The number of nitriles is 1. The van der Waals surface area contributed by atoms with Crippen LogP contribution in [0.3, 0.4) is 0 Å². The normalized spacial score (nSPS) is 12.1. The fraction of sp³-hybridized carbons (Fsp3) is 0.611. The largest absolute Gasteiger partial charge is 0.492 e. The Balaban J connectivity index is 2.40. The summed E-state index contributed by atoms with van der Waals surface area (Å²) in [6, 6.07) is 10.6. The van der Waals surface area contributed by atoms with Crippen LogP contribution in [0, 0.1) is 11.3 Å². The van der Waals surface area contributed by atoms with Crippen molar-refractivity contribution >= 4 is 0 Å². The van der Waals surface area contributed by atoms with Gasteiger partial charge in [0.15, 0.2) is 0 Å². The van der Waals surface area contributed by atoms with E-state index in [4.69, 9.17) is 10.00 Å². The SMILES string of the molecule is CCCCN(CCOc1ccc(CC#N)cc1)C(C)CC. The monoisotopic (exact) mass is 288 g/mol. The lowest BCUT2D eigenvalue weighted by Gasteiger charge is -2.28. The maximum Gasteiger partial charge on any atom is 0.119 e. The van der Waals surface area contributed by atoms with Gasteiger partial charge in [-0.05, 0) is 44.0 Å². The maximum atomic E-state index is 8.65. The molecule has 1 unspecified atom stereocenters. The highest BCUT2D eigenvalue weighted by Gasteiger charge is 2.11. The zero-order valence-corrected chi connectivity index (χ0v) is 13.6. The van der Waals surface area contributed by atoms with E-state index in [9.17, 15) is 0 Å². The van der Waals surface area contributed by atoms with Crippen LogP contribution in [0.1, 0.15) is 45.6 Å². The quantitative estimate of drug-likeness (QED) is 0.652. The van der Waals surface area contributed by atoms with Gasteiger partial charge in [0.25, 0.3) is 0 Å². The lowest BCUT2D eigenvalue weighted by atomic mass is 10.2. The number of rotatable bonds is 10. The number of hydrogen-bond acceptors (Lipinski definition) is 3. The van der Waals surface area contributed by atoms with Gasteiger partial charge in [-0.1, -0.05) is 32.4 Å². The third-order valence-corrected chi connectivity index (χ3v) is 3.87. The zero-order valence-electron chi connectivity index (χ0n) is 13.6. The summed E-state index contributed by atoms with van der Waals surface area (Å²) in [4.78, 5) is 2.51. The van der Waals surface area contributed by atoms with Crippen molar-refractivity contribution in [2.24, 2.45) is 0 Å². The summed E-state index contributed by atoms with van der Waals surface area (Å²) >= 11 is 0. The summed E-state index contributed by atoms with van der Waals surface area (Å²) in [5, 5.41) is 8.65.